The quantitative estimate of drug-likeness (QED) is 0.0585. The van der Waals surface area contributed by atoms with E-state index in [1.165, 1.54) is 74.0 Å². The van der Waals surface area contributed by atoms with Crippen LogP contribution in [0, 0.1) is 11.8 Å². The van der Waals surface area contributed by atoms with E-state index in [2.05, 4.69) is 10.6 Å². The van der Waals surface area contributed by atoms with Crippen molar-refractivity contribution in [3.63, 3.8) is 0 Å². The Balaban J connectivity index is 0.000000207. The number of fused-ring (bicyclic) bond motifs is 2. The molecular formula is C47H54N2O10S2. The molecule has 2 saturated carbocycles. The van der Waals surface area contributed by atoms with Crippen LogP contribution in [0.25, 0.3) is 20.2 Å². The summed E-state index contributed by atoms with van der Waals surface area (Å²) < 4.78 is 19.5. The lowest BCUT2D eigenvalue weighted by atomic mass is 9.89. The van der Waals surface area contributed by atoms with E-state index in [9.17, 15) is 24.0 Å². The summed E-state index contributed by atoms with van der Waals surface area (Å²) in [5, 5.41) is 25.6. The Hall–Kier alpha value is -5.47. The molecule has 0 spiro atoms. The maximum Gasteiger partial charge on any atom is 0.307 e. The summed E-state index contributed by atoms with van der Waals surface area (Å²) in [5.74, 6) is 0.104. The van der Waals surface area contributed by atoms with Crippen LogP contribution in [0.15, 0.2) is 72.8 Å². The summed E-state index contributed by atoms with van der Waals surface area (Å²) in [6, 6.07) is 22.5. The fourth-order valence-electron chi connectivity index (χ4n) is 7.77. The smallest absolute Gasteiger partial charge is 0.307 e. The van der Waals surface area contributed by atoms with Crippen LogP contribution in [-0.2, 0) is 20.8 Å². The van der Waals surface area contributed by atoms with E-state index in [1.54, 1.807) is 18.2 Å². The van der Waals surface area contributed by atoms with E-state index < -0.39 is 11.9 Å². The molecule has 0 radical (unpaired) electrons. The summed E-state index contributed by atoms with van der Waals surface area (Å²) in [6.07, 6.45) is 11.7. The first-order chi connectivity index (χ1) is 29.7. The lowest BCUT2D eigenvalue weighted by Crippen LogP contribution is -2.30. The second-order valence-corrected chi connectivity index (χ2v) is 17.6. The Morgan fingerprint density at radius 3 is 1.61 bits per heavy atom. The number of hydrogen-bond donors (Lipinski definition) is 4. The van der Waals surface area contributed by atoms with Crippen LogP contribution in [-0.4, -0.2) is 72.7 Å². The van der Waals surface area contributed by atoms with Crippen LogP contribution in [0.2, 0.25) is 0 Å². The van der Waals surface area contributed by atoms with Gasteiger partial charge in [0.1, 0.15) is 35.3 Å². The molecular weight excluding hydrogens is 817 g/mol. The highest BCUT2D eigenvalue weighted by atomic mass is 32.1. The molecule has 14 heteroatoms. The lowest BCUT2D eigenvalue weighted by Gasteiger charge is -2.21. The predicted molar refractivity (Wildman–Crippen MR) is 238 cm³/mol. The zero-order valence-corrected chi connectivity index (χ0v) is 35.9. The number of para-hydroxylation sites is 1. The van der Waals surface area contributed by atoms with E-state index in [4.69, 9.17) is 24.4 Å². The number of hydrogen-bond acceptors (Lipinski definition) is 10. The van der Waals surface area contributed by atoms with Crippen molar-refractivity contribution in [2.45, 2.75) is 83.5 Å². The molecule has 0 saturated heterocycles. The van der Waals surface area contributed by atoms with Gasteiger partial charge in [-0.05, 0) is 67.9 Å². The van der Waals surface area contributed by atoms with Gasteiger partial charge < -0.3 is 35.1 Å². The van der Waals surface area contributed by atoms with Crippen molar-refractivity contribution < 1.29 is 48.4 Å². The molecule has 2 aliphatic carbocycles. The number of ketones is 1. The van der Waals surface area contributed by atoms with Gasteiger partial charge in [0.15, 0.2) is 17.3 Å². The number of rotatable bonds is 19. The third-order valence-electron chi connectivity index (χ3n) is 11.0. The molecule has 5 aromatic rings. The number of benzene rings is 3. The number of carbonyl (C=O) groups excluding carboxylic acids is 3. The van der Waals surface area contributed by atoms with E-state index in [0.29, 0.717) is 57.5 Å². The van der Waals surface area contributed by atoms with Crippen LogP contribution in [0.5, 0.6) is 17.2 Å². The average Bonchev–Trinajstić information content (AvgIpc) is 3.84. The number of aliphatic carboxylic acids is 2. The summed E-state index contributed by atoms with van der Waals surface area (Å²) in [6.45, 7) is 1.60. The highest BCUT2D eigenvalue weighted by molar-refractivity contribution is 7.21. The molecule has 324 valence electrons. The molecule has 0 unspecified atom stereocenters. The van der Waals surface area contributed by atoms with Crippen molar-refractivity contribution >= 4 is 72.4 Å². The summed E-state index contributed by atoms with van der Waals surface area (Å²) in [4.78, 5) is 60.4. The van der Waals surface area contributed by atoms with Gasteiger partial charge in [0.2, 0.25) is 0 Å². The first kappa shape index (κ1) is 45.1. The molecule has 12 nitrogen and oxygen atoms in total. The number of thiophene rings is 2. The molecule has 2 aliphatic rings. The maximum atomic E-state index is 13.0. The van der Waals surface area contributed by atoms with Crippen molar-refractivity contribution in [3.05, 3.63) is 88.1 Å². The monoisotopic (exact) mass is 870 g/mol. The molecule has 61 heavy (non-hydrogen) atoms. The van der Waals surface area contributed by atoms with E-state index >= 15 is 0 Å². The molecule has 7 rings (SSSR count). The molecule has 2 heterocycles. The first-order valence-corrected chi connectivity index (χ1v) is 22.8. The third kappa shape index (κ3) is 13.3. The van der Waals surface area contributed by atoms with Gasteiger partial charge in [-0.25, -0.2) is 0 Å². The van der Waals surface area contributed by atoms with Gasteiger partial charge in [-0.3, -0.25) is 24.0 Å². The fourth-order valence-corrected chi connectivity index (χ4v) is 9.89. The molecule has 2 fully saturated rings. The van der Waals surface area contributed by atoms with Crippen molar-refractivity contribution in [1.29, 1.82) is 0 Å². The Morgan fingerprint density at radius 2 is 1.07 bits per heavy atom. The van der Waals surface area contributed by atoms with Crippen LogP contribution in [0.3, 0.4) is 0 Å². The van der Waals surface area contributed by atoms with Crippen LogP contribution in [0.1, 0.15) is 102 Å². The molecule has 0 aliphatic heterocycles. The number of Topliss-reactive ketones (excluding diaryl/α,β-unsaturated/α-hetero) is 1. The normalized spacial score (nSPS) is 14.4. The zero-order chi connectivity index (χ0) is 43.0. The predicted octanol–water partition coefficient (Wildman–Crippen LogP) is 9.32. The summed E-state index contributed by atoms with van der Waals surface area (Å²) in [7, 11) is 0. The number of ether oxygens (including phenoxy) is 3. The van der Waals surface area contributed by atoms with Crippen LogP contribution in [0.4, 0.5) is 0 Å². The van der Waals surface area contributed by atoms with Crippen LogP contribution >= 0.6 is 22.7 Å². The van der Waals surface area contributed by atoms with Crippen molar-refractivity contribution in [2.75, 3.05) is 32.9 Å². The topological polar surface area (TPSA) is 178 Å². The first-order valence-electron chi connectivity index (χ1n) is 21.2. The Kier molecular flexibility index (Phi) is 16.9. The van der Waals surface area contributed by atoms with Crippen molar-refractivity contribution in [1.82, 2.24) is 10.6 Å². The number of carboxylic acid groups (broad SMARTS) is 2. The SMILES string of the molecule is O=C(O)CCC(=O)COc1c(C(=O)NCC2CCCCC2)sc2ccccc12.O=C(O)Cc1ccccc1OCCOc1c(C(=O)NCC2CCCCC2)sc2ccccc12. The zero-order valence-electron chi connectivity index (χ0n) is 34.3. The Labute approximate surface area is 363 Å². The standard InChI is InChI=1S/C26H29NO5S.C21H25NO5S/c28-23(29)16-19-10-4-6-12-21(19)31-14-15-32-24-20-11-5-7-13-22(20)33-25(24)26(30)27-17-18-8-2-1-3-9-18;23-15(10-11-18(24)25)13-27-19-16-8-4-5-9-17(16)28-20(19)21(26)22-12-14-6-2-1-3-7-14/h4-7,10-13,18H,1-3,8-9,14-17H2,(H,27,30)(H,28,29);4-5,8-9,14H,1-3,6-7,10-13H2,(H,22,26)(H,24,25). The van der Waals surface area contributed by atoms with Gasteiger partial charge in [0.05, 0.1) is 12.8 Å². The van der Waals surface area contributed by atoms with Gasteiger partial charge in [-0.2, -0.15) is 0 Å². The Bertz CT molecular complexity index is 2270. The molecule has 3 aromatic carbocycles. The number of carbonyl (C=O) groups is 5. The Morgan fingerprint density at radius 1 is 0.574 bits per heavy atom. The highest BCUT2D eigenvalue weighted by Gasteiger charge is 2.24. The third-order valence-corrected chi connectivity index (χ3v) is 13.3. The maximum absolute atomic E-state index is 13.0. The van der Waals surface area contributed by atoms with Gasteiger partial charge >= 0.3 is 11.9 Å². The van der Waals surface area contributed by atoms with E-state index in [0.717, 1.165) is 33.0 Å². The highest BCUT2D eigenvalue weighted by Crippen LogP contribution is 2.39. The number of carboxylic acids is 2. The van der Waals surface area contributed by atoms with E-state index in [1.807, 2.05) is 54.6 Å². The summed E-state index contributed by atoms with van der Waals surface area (Å²) >= 11 is 2.79. The minimum absolute atomic E-state index is 0.0827. The average molecular weight is 871 g/mol. The fraction of sp³-hybridized carbons (Fsp3) is 0.426. The lowest BCUT2D eigenvalue weighted by molar-refractivity contribution is -0.139. The summed E-state index contributed by atoms with van der Waals surface area (Å²) in [5.41, 5.74) is 0.619. The minimum atomic E-state index is -1.02. The minimum Gasteiger partial charge on any atom is -0.490 e. The molecule has 2 amide bonds. The van der Waals surface area contributed by atoms with Crippen molar-refractivity contribution in [2.24, 2.45) is 11.8 Å². The number of nitrogens with one attached hydrogen (secondary N) is 2. The van der Waals surface area contributed by atoms with Gasteiger partial charge in [0, 0.05) is 45.2 Å². The van der Waals surface area contributed by atoms with Gasteiger partial charge in [-0.1, -0.05) is 81.0 Å². The second kappa shape index (κ2) is 22.9. The van der Waals surface area contributed by atoms with Gasteiger partial charge in [0.25, 0.3) is 11.8 Å². The molecule has 0 bridgehead atoms. The van der Waals surface area contributed by atoms with Crippen LogP contribution < -0.4 is 24.8 Å². The van der Waals surface area contributed by atoms with Gasteiger partial charge in [-0.15, -0.1) is 22.7 Å². The molecule has 2 aromatic heterocycles. The second-order valence-electron chi connectivity index (χ2n) is 15.5. The van der Waals surface area contributed by atoms with E-state index in [-0.39, 0.29) is 56.7 Å². The molecule has 4 N–H and O–H groups in total. The number of amides is 2. The largest absolute Gasteiger partial charge is 0.490 e. The van der Waals surface area contributed by atoms with Crippen molar-refractivity contribution in [3.8, 4) is 17.2 Å². The molecule has 0 atom stereocenters.